The smallest absolute Gasteiger partial charge is 0.246 e. The monoisotopic (exact) mass is 256 g/mol. The molecule has 3 heteroatoms. The minimum absolute atomic E-state index is 0.00825. The van der Waals surface area contributed by atoms with Gasteiger partial charge in [-0.15, -0.1) is 0 Å². The van der Waals surface area contributed by atoms with Gasteiger partial charge in [0.15, 0.2) is 0 Å². The standard InChI is InChI=1S/C16H20N2O/c19-16-11-17-15(10-12-6-2-1-3-7-12)13-8-4-5-9-14(13)18-16/h4-5,8-9,12H,1-3,6-7,10-11H2,(H,18,19). The minimum Gasteiger partial charge on any atom is -0.324 e. The molecule has 1 aromatic rings. The number of carbonyl (C=O) groups excluding carboxylic acids is 1. The number of nitrogens with zero attached hydrogens (tertiary/aromatic N) is 1. The Labute approximate surface area is 114 Å². The summed E-state index contributed by atoms with van der Waals surface area (Å²) in [5, 5.41) is 2.94. The molecule has 1 aliphatic heterocycles. The second-order valence-corrected chi connectivity index (χ2v) is 5.56. The number of para-hydroxylation sites is 1. The highest BCUT2D eigenvalue weighted by Crippen LogP contribution is 2.29. The van der Waals surface area contributed by atoms with Crippen molar-refractivity contribution in [3.05, 3.63) is 29.8 Å². The molecule has 1 aromatic carbocycles. The van der Waals surface area contributed by atoms with E-state index in [4.69, 9.17) is 0 Å². The molecule has 0 unspecified atom stereocenters. The Kier molecular flexibility index (Phi) is 3.62. The van der Waals surface area contributed by atoms with Crippen molar-refractivity contribution in [3.63, 3.8) is 0 Å². The number of amides is 1. The van der Waals surface area contributed by atoms with Crippen LogP contribution in [-0.2, 0) is 4.79 Å². The highest BCUT2D eigenvalue weighted by Gasteiger charge is 2.20. The van der Waals surface area contributed by atoms with E-state index in [1.165, 1.54) is 32.1 Å². The van der Waals surface area contributed by atoms with Gasteiger partial charge in [-0.05, 0) is 18.4 Å². The second-order valence-electron chi connectivity index (χ2n) is 5.56. The summed E-state index contributed by atoms with van der Waals surface area (Å²) in [6.45, 7) is 0.261. The third-order valence-electron chi connectivity index (χ3n) is 4.13. The van der Waals surface area contributed by atoms with Crippen LogP contribution in [0.3, 0.4) is 0 Å². The molecule has 3 nitrogen and oxygen atoms in total. The van der Waals surface area contributed by atoms with Crippen LogP contribution in [0, 0.1) is 5.92 Å². The number of carbonyl (C=O) groups is 1. The molecule has 0 spiro atoms. The van der Waals surface area contributed by atoms with Crippen molar-refractivity contribution >= 4 is 17.3 Å². The zero-order valence-electron chi connectivity index (χ0n) is 11.2. The maximum atomic E-state index is 11.7. The van der Waals surface area contributed by atoms with E-state index in [1.807, 2.05) is 18.2 Å². The Morgan fingerprint density at radius 1 is 1.16 bits per heavy atom. The molecule has 0 bridgehead atoms. The quantitative estimate of drug-likeness (QED) is 0.865. The van der Waals surface area contributed by atoms with Crippen LogP contribution >= 0.6 is 0 Å². The van der Waals surface area contributed by atoms with Crippen LogP contribution in [0.1, 0.15) is 44.1 Å². The number of fused-ring (bicyclic) bond motifs is 1. The number of hydrogen-bond donors (Lipinski definition) is 1. The molecule has 0 atom stereocenters. The molecule has 1 aliphatic carbocycles. The van der Waals surface area contributed by atoms with Crippen LogP contribution < -0.4 is 5.32 Å². The third kappa shape index (κ3) is 2.86. The van der Waals surface area contributed by atoms with Gasteiger partial charge in [-0.1, -0.05) is 50.3 Å². The highest BCUT2D eigenvalue weighted by molar-refractivity contribution is 6.11. The van der Waals surface area contributed by atoms with Crippen LogP contribution in [0.25, 0.3) is 0 Å². The lowest BCUT2D eigenvalue weighted by molar-refractivity contribution is -0.114. The number of rotatable bonds is 2. The Balaban J connectivity index is 1.84. The second kappa shape index (κ2) is 5.55. The fourth-order valence-corrected chi connectivity index (χ4v) is 3.13. The molecule has 0 aromatic heterocycles. The predicted molar refractivity (Wildman–Crippen MR) is 77.7 cm³/mol. The number of aliphatic imine (C=N–C) groups is 1. The number of benzene rings is 1. The fraction of sp³-hybridized carbons (Fsp3) is 0.500. The van der Waals surface area contributed by atoms with Gasteiger partial charge in [0, 0.05) is 17.0 Å². The Morgan fingerprint density at radius 3 is 2.79 bits per heavy atom. The fourth-order valence-electron chi connectivity index (χ4n) is 3.13. The van der Waals surface area contributed by atoms with Crippen LogP contribution in [0.5, 0.6) is 0 Å². The van der Waals surface area contributed by atoms with Gasteiger partial charge in [0.2, 0.25) is 5.91 Å². The van der Waals surface area contributed by atoms with Crippen LogP contribution in [0.2, 0.25) is 0 Å². The summed E-state index contributed by atoms with van der Waals surface area (Å²) in [5.74, 6) is 0.736. The summed E-state index contributed by atoms with van der Waals surface area (Å²) < 4.78 is 0. The van der Waals surface area contributed by atoms with Crippen molar-refractivity contribution < 1.29 is 4.79 Å². The van der Waals surface area contributed by atoms with E-state index in [-0.39, 0.29) is 12.5 Å². The average molecular weight is 256 g/mol. The first-order valence-electron chi connectivity index (χ1n) is 7.25. The molecule has 1 saturated carbocycles. The molecule has 3 rings (SSSR count). The van der Waals surface area contributed by atoms with E-state index in [0.29, 0.717) is 0 Å². The molecular formula is C16H20N2O. The Hall–Kier alpha value is -1.64. The summed E-state index contributed by atoms with van der Waals surface area (Å²) in [6, 6.07) is 8.02. The summed E-state index contributed by atoms with van der Waals surface area (Å²) >= 11 is 0. The molecule has 2 aliphatic rings. The number of hydrogen-bond acceptors (Lipinski definition) is 2. The van der Waals surface area contributed by atoms with Gasteiger partial charge in [-0.2, -0.15) is 0 Å². The van der Waals surface area contributed by atoms with Crippen molar-refractivity contribution in [1.29, 1.82) is 0 Å². The molecule has 19 heavy (non-hydrogen) atoms. The summed E-state index contributed by atoms with van der Waals surface area (Å²) in [5.41, 5.74) is 3.14. The zero-order valence-corrected chi connectivity index (χ0v) is 11.2. The van der Waals surface area contributed by atoms with E-state index in [1.54, 1.807) is 0 Å². The molecule has 1 amide bonds. The Morgan fingerprint density at radius 2 is 1.95 bits per heavy atom. The molecule has 1 fully saturated rings. The summed E-state index contributed by atoms with van der Waals surface area (Å²) in [6.07, 6.45) is 7.70. The first kappa shape index (κ1) is 12.4. The van der Waals surface area contributed by atoms with Gasteiger partial charge >= 0.3 is 0 Å². The highest BCUT2D eigenvalue weighted by atomic mass is 16.1. The number of benzodiazepines with no additional fused rings is 1. The Bertz CT molecular complexity index is 501. The third-order valence-corrected chi connectivity index (χ3v) is 4.13. The lowest BCUT2D eigenvalue weighted by atomic mass is 9.84. The van der Waals surface area contributed by atoms with Gasteiger partial charge in [0.1, 0.15) is 6.54 Å². The lowest BCUT2D eigenvalue weighted by Gasteiger charge is -2.22. The largest absolute Gasteiger partial charge is 0.324 e. The summed E-state index contributed by atoms with van der Waals surface area (Å²) in [4.78, 5) is 16.2. The zero-order chi connectivity index (χ0) is 13.1. The van der Waals surface area contributed by atoms with E-state index < -0.39 is 0 Å². The maximum Gasteiger partial charge on any atom is 0.246 e. The van der Waals surface area contributed by atoms with Crippen molar-refractivity contribution in [1.82, 2.24) is 0 Å². The van der Waals surface area contributed by atoms with Crippen molar-refractivity contribution in [2.45, 2.75) is 38.5 Å². The van der Waals surface area contributed by atoms with E-state index in [0.717, 1.165) is 29.3 Å². The molecule has 1 heterocycles. The lowest BCUT2D eigenvalue weighted by Crippen LogP contribution is -2.13. The van der Waals surface area contributed by atoms with Crippen molar-refractivity contribution in [3.8, 4) is 0 Å². The molecular weight excluding hydrogens is 236 g/mol. The van der Waals surface area contributed by atoms with E-state index in [9.17, 15) is 4.79 Å². The van der Waals surface area contributed by atoms with Crippen molar-refractivity contribution in [2.24, 2.45) is 10.9 Å². The van der Waals surface area contributed by atoms with E-state index >= 15 is 0 Å². The summed E-state index contributed by atoms with van der Waals surface area (Å²) in [7, 11) is 0. The predicted octanol–water partition coefficient (Wildman–Crippen LogP) is 3.40. The first-order valence-corrected chi connectivity index (χ1v) is 7.25. The topological polar surface area (TPSA) is 41.5 Å². The average Bonchev–Trinajstić information content (AvgIpc) is 2.60. The van der Waals surface area contributed by atoms with E-state index in [2.05, 4.69) is 16.4 Å². The molecule has 100 valence electrons. The van der Waals surface area contributed by atoms with Gasteiger partial charge in [-0.3, -0.25) is 9.79 Å². The minimum atomic E-state index is -0.00825. The first-order chi connectivity index (χ1) is 9.33. The number of anilines is 1. The van der Waals surface area contributed by atoms with Gasteiger partial charge in [0.25, 0.3) is 0 Å². The van der Waals surface area contributed by atoms with Gasteiger partial charge in [-0.25, -0.2) is 0 Å². The SMILES string of the molecule is O=C1CN=C(CC2CCCCC2)c2ccccc2N1. The molecule has 0 saturated heterocycles. The van der Waals surface area contributed by atoms with Gasteiger partial charge < -0.3 is 5.32 Å². The van der Waals surface area contributed by atoms with Crippen molar-refractivity contribution in [2.75, 3.05) is 11.9 Å². The van der Waals surface area contributed by atoms with Crippen LogP contribution in [0.4, 0.5) is 5.69 Å². The maximum absolute atomic E-state index is 11.7. The van der Waals surface area contributed by atoms with Gasteiger partial charge in [0.05, 0.1) is 0 Å². The van der Waals surface area contributed by atoms with Crippen LogP contribution in [-0.4, -0.2) is 18.2 Å². The molecule has 0 radical (unpaired) electrons. The normalized spacial score (nSPS) is 20.2. The molecule has 1 N–H and O–H groups in total. The number of nitrogens with one attached hydrogen (secondary N) is 1. The van der Waals surface area contributed by atoms with Crippen LogP contribution in [0.15, 0.2) is 29.3 Å².